The number of carbonyl (C=O) groups is 1. The lowest BCUT2D eigenvalue weighted by Gasteiger charge is -2.24. The molecule has 0 aliphatic carbocycles. The summed E-state index contributed by atoms with van der Waals surface area (Å²) in [5.41, 5.74) is 5.65. The van der Waals surface area contributed by atoms with Crippen molar-refractivity contribution in [3.8, 4) is 17.0 Å². The van der Waals surface area contributed by atoms with Crippen molar-refractivity contribution >= 4 is 23.2 Å². The number of benzene rings is 2. The molecule has 1 N–H and O–H groups in total. The number of pyridine rings is 1. The molecule has 188 valence electrons. The zero-order chi connectivity index (χ0) is 26.3. The first-order chi connectivity index (χ1) is 17.7. The first kappa shape index (κ1) is 24.6. The first-order valence-electron chi connectivity index (χ1n) is 11.8. The molecule has 0 unspecified atom stereocenters. The van der Waals surface area contributed by atoms with Crippen LogP contribution in [-0.2, 0) is 26.7 Å². The first-order valence-corrected chi connectivity index (χ1v) is 12.1. The maximum absolute atomic E-state index is 14.0. The van der Waals surface area contributed by atoms with Crippen LogP contribution in [-0.4, -0.2) is 31.3 Å². The Kier molecular flexibility index (Phi) is 6.52. The maximum atomic E-state index is 14.0. The van der Waals surface area contributed by atoms with Crippen molar-refractivity contribution in [3.05, 3.63) is 99.2 Å². The number of ether oxygens (including phenoxy) is 1. The zero-order valence-electron chi connectivity index (χ0n) is 20.7. The molecule has 9 heteroatoms. The smallest absolute Gasteiger partial charge is 0.275 e. The second-order valence-electron chi connectivity index (χ2n) is 9.09. The van der Waals surface area contributed by atoms with Crippen molar-refractivity contribution in [1.29, 1.82) is 5.41 Å². The lowest BCUT2D eigenvalue weighted by atomic mass is 10.0. The van der Waals surface area contributed by atoms with Gasteiger partial charge in [-0.05, 0) is 61.4 Å². The number of halogens is 2. The van der Waals surface area contributed by atoms with Crippen molar-refractivity contribution in [2.45, 2.75) is 33.5 Å². The van der Waals surface area contributed by atoms with Crippen molar-refractivity contribution < 1.29 is 13.9 Å². The van der Waals surface area contributed by atoms with Gasteiger partial charge in [-0.3, -0.25) is 14.5 Å². The minimum absolute atomic E-state index is 0.177. The Balaban J connectivity index is 1.55. The van der Waals surface area contributed by atoms with Crippen LogP contribution in [0.2, 0.25) is 5.02 Å². The average Bonchev–Trinajstić information content (AvgIpc) is 3.21. The van der Waals surface area contributed by atoms with Gasteiger partial charge in [0, 0.05) is 42.0 Å². The number of aryl methyl sites for hydroxylation is 2. The predicted octanol–water partition coefficient (Wildman–Crippen LogP) is 5.71. The molecule has 37 heavy (non-hydrogen) atoms. The Bertz CT molecular complexity index is 1550. The molecule has 2 aromatic heterocycles. The number of fused-ring (bicyclic) bond motifs is 3. The lowest BCUT2D eigenvalue weighted by molar-refractivity contribution is 0.0719. The maximum Gasteiger partial charge on any atom is 0.275 e. The molecule has 0 saturated heterocycles. The Labute approximate surface area is 219 Å². The molecule has 2 aromatic carbocycles. The van der Waals surface area contributed by atoms with Gasteiger partial charge in [-0.15, -0.1) is 0 Å². The van der Waals surface area contributed by atoms with Gasteiger partial charge in [-0.1, -0.05) is 29.8 Å². The SMILES string of the molecule is CC(=N)c1ccc(CN(Cc2cccc(F)c2)C(=O)c2nn(C)c3c2COc2ccc(Cl)cc2-3)c(C)n1. The Morgan fingerprint density at radius 3 is 2.73 bits per heavy atom. The number of hydrogen-bond acceptors (Lipinski definition) is 5. The number of amides is 1. The van der Waals surface area contributed by atoms with Gasteiger partial charge < -0.3 is 15.0 Å². The topological polar surface area (TPSA) is 84.1 Å². The van der Waals surface area contributed by atoms with Gasteiger partial charge in [0.25, 0.3) is 5.91 Å². The fourth-order valence-electron chi connectivity index (χ4n) is 4.55. The highest BCUT2D eigenvalue weighted by molar-refractivity contribution is 6.31. The summed E-state index contributed by atoms with van der Waals surface area (Å²) in [6.07, 6.45) is 0. The van der Waals surface area contributed by atoms with Crippen molar-refractivity contribution in [2.24, 2.45) is 7.05 Å². The van der Waals surface area contributed by atoms with Crippen LogP contribution in [0.5, 0.6) is 5.75 Å². The molecule has 0 spiro atoms. The molecule has 3 heterocycles. The molecule has 1 amide bonds. The summed E-state index contributed by atoms with van der Waals surface area (Å²) in [6.45, 7) is 4.14. The van der Waals surface area contributed by atoms with Gasteiger partial charge in [0.15, 0.2) is 5.69 Å². The molecule has 7 nitrogen and oxygen atoms in total. The molecular weight excluding hydrogens is 493 g/mol. The normalized spacial score (nSPS) is 11.9. The van der Waals surface area contributed by atoms with E-state index in [2.05, 4.69) is 10.1 Å². The number of hydrogen-bond donors (Lipinski definition) is 1. The third-order valence-electron chi connectivity index (χ3n) is 6.41. The highest BCUT2D eigenvalue weighted by Crippen LogP contribution is 2.40. The summed E-state index contributed by atoms with van der Waals surface area (Å²) in [7, 11) is 1.79. The fourth-order valence-corrected chi connectivity index (χ4v) is 4.72. The van der Waals surface area contributed by atoms with Gasteiger partial charge in [0.05, 0.1) is 17.1 Å². The van der Waals surface area contributed by atoms with E-state index in [4.69, 9.17) is 21.7 Å². The van der Waals surface area contributed by atoms with E-state index in [1.165, 1.54) is 12.1 Å². The highest BCUT2D eigenvalue weighted by Gasteiger charge is 2.31. The van der Waals surface area contributed by atoms with Crippen LogP contribution in [0, 0.1) is 18.2 Å². The molecule has 0 bridgehead atoms. The molecular formula is C28H25ClFN5O2. The van der Waals surface area contributed by atoms with E-state index >= 15 is 0 Å². The second kappa shape index (κ2) is 9.78. The molecule has 1 aliphatic rings. The van der Waals surface area contributed by atoms with E-state index in [0.29, 0.717) is 33.3 Å². The van der Waals surface area contributed by atoms with E-state index in [0.717, 1.165) is 22.5 Å². The monoisotopic (exact) mass is 517 g/mol. The Morgan fingerprint density at radius 2 is 2.00 bits per heavy atom. The van der Waals surface area contributed by atoms with Crippen LogP contribution in [0.3, 0.4) is 0 Å². The van der Waals surface area contributed by atoms with E-state index in [1.807, 2.05) is 13.0 Å². The molecule has 0 atom stereocenters. The van der Waals surface area contributed by atoms with Crippen LogP contribution in [0.1, 0.15) is 45.5 Å². The van der Waals surface area contributed by atoms with Crippen LogP contribution in [0.25, 0.3) is 11.3 Å². The van der Waals surface area contributed by atoms with Gasteiger partial charge in [-0.25, -0.2) is 4.39 Å². The van der Waals surface area contributed by atoms with Gasteiger partial charge in [-0.2, -0.15) is 5.10 Å². The van der Waals surface area contributed by atoms with Crippen LogP contribution in [0.15, 0.2) is 54.6 Å². The fraction of sp³-hybridized carbons (Fsp3) is 0.214. The molecule has 0 radical (unpaired) electrons. The predicted molar refractivity (Wildman–Crippen MR) is 139 cm³/mol. The van der Waals surface area contributed by atoms with Crippen LogP contribution < -0.4 is 4.74 Å². The lowest BCUT2D eigenvalue weighted by Crippen LogP contribution is -2.32. The zero-order valence-corrected chi connectivity index (χ0v) is 21.4. The van der Waals surface area contributed by atoms with Gasteiger partial charge >= 0.3 is 0 Å². The minimum atomic E-state index is -0.370. The van der Waals surface area contributed by atoms with E-state index in [1.54, 1.807) is 60.0 Å². The molecule has 1 aliphatic heterocycles. The molecule has 5 rings (SSSR count). The third-order valence-corrected chi connectivity index (χ3v) is 6.64. The quantitative estimate of drug-likeness (QED) is 0.332. The second-order valence-corrected chi connectivity index (χ2v) is 9.52. The summed E-state index contributed by atoms with van der Waals surface area (Å²) >= 11 is 6.24. The van der Waals surface area contributed by atoms with Crippen LogP contribution >= 0.6 is 11.6 Å². The summed E-state index contributed by atoms with van der Waals surface area (Å²) in [5, 5.41) is 13.0. The highest BCUT2D eigenvalue weighted by atomic mass is 35.5. The van der Waals surface area contributed by atoms with Crippen molar-refractivity contribution in [3.63, 3.8) is 0 Å². The van der Waals surface area contributed by atoms with E-state index < -0.39 is 0 Å². The van der Waals surface area contributed by atoms with E-state index in [-0.39, 0.29) is 37.1 Å². The Morgan fingerprint density at radius 1 is 1.19 bits per heavy atom. The Hall–Kier alpha value is -4.04. The molecule has 0 saturated carbocycles. The number of carbonyl (C=O) groups excluding carboxylic acids is 1. The number of rotatable bonds is 6. The molecule has 4 aromatic rings. The summed E-state index contributed by atoms with van der Waals surface area (Å²) < 4.78 is 21.6. The summed E-state index contributed by atoms with van der Waals surface area (Å²) in [4.78, 5) is 20.2. The van der Waals surface area contributed by atoms with Gasteiger partial charge in [0.1, 0.15) is 18.2 Å². The largest absolute Gasteiger partial charge is 0.488 e. The summed E-state index contributed by atoms with van der Waals surface area (Å²) in [5.74, 6) is 0.00588. The van der Waals surface area contributed by atoms with Crippen molar-refractivity contribution in [2.75, 3.05) is 0 Å². The van der Waals surface area contributed by atoms with Crippen LogP contribution in [0.4, 0.5) is 4.39 Å². The standard InChI is InChI=1S/C28H25ClFN5O2/c1-16(31)24-9-7-19(17(2)32-24)14-35(13-18-5-4-6-21(30)11-18)28(36)26-23-15-37-25-10-8-20(29)12-22(25)27(23)34(3)33-26/h4-12,31H,13-15H2,1-3H3. The number of nitrogens with zero attached hydrogens (tertiary/aromatic N) is 4. The van der Waals surface area contributed by atoms with E-state index in [9.17, 15) is 9.18 Å². The average molecular weight is 518 g/mol. The number of aromatic nitrogens is 3. The van der Waals surface area contributed by atoms with Crippen molar-refractivity contribution in [1.82, 2.24) is 19.7 Å². The van der Waals surface area contributed by atoms with Gasteiger partial charge in [0.2, 0.25) is 0 Å². The third kappa shape index (κ3) is 4.84. The number of nitrogens with one attached hydrogen (secondary N) is 1. The molecule has 0 fully saturated rings. The summed E-state index contributed by atoms with van der Waals surface area (Å²) in [6, 6.07) is 15.2. The minimum Gasteiger partial charge on any atom is -0.488 e.